The van der Waals surface area contributed by atoms with E-state index < -0.39 is 0 Å². The third kappa shape index (κ3) is 1.63. The highest BCUT2D eigenvalue weighted by Gasteiger charge is 2.15. The number of anilines is 1. The normalized spacial score (nSPS) is 14.3. The average Bonchev–Trinajstić information content (AvgIpc) is 2.72. The molecule has 16 heavy (non-hydrogen) atoms. The SMILES string of the molecule is Brc1cccc(-n2ncc3c2CCCN3)c1. The highest BCUT2D eigenvalue weighted by atomic mass is 79.9. The lowest BCUT2D eigenvalue weighted by Crippen LogP contribution is -2.13. The van der Waals surface area contributed by atoms with E-state index in [2.05, 4.69) is 38.5 Å². The molecule has 3 nitrogen and oxygen atoms in total. The standard InChI is InChI=1S/C12H12BrN3/c13-9-3-1-4-10(7-9)16-12-5-2-6-14-11(12)8-15-16/h1,3-4,7-8,14H,2,5-6H2. The third-order valence-corrected chi connectivity index (χ3v) is 3.32. The molecular formula is C12H12BrN3. The van der Waals surface area contributed by atoms with Crippen LogP contribution in [0.1, 0.15) is 12.1 Å². The number of fused-ring (bicyclic) bond motifs is 1. The number of hydrogen-bond donors (Lipinski definition) is 1. The summed E-state index contributed by atoms with van der Waals surface area (Å²) in [6.07, 6.45) is 4.18. The summed E-state index contributed by atoms with van der Waals surface area (Å²) in [6.45, 7) is 1.05. The first-order valence-electron chi connectivity index (χ1n) is 5.41. The molecule has 2 heterocycles. The minimum Gasteiger partial charge on any atom is -0.382 e. The van der Waals surface area contributed by atoms with Crippen LogP contribution >= 0.6 is 15.9 Å². The van der Waals surface area contributed by atoms with Crippen molar-refractivity contribution < 1.29 is 0 Å². The first kappa shape index (κ1) is 9.90. The second-order valence-corrected chi connectivity index (χ2v) is 4.84. The van der Waals surface area contributed by atoms with Crippen molar-refractivity contribution in [1.82, 2.24) is 9.78 Å². The summed E-state index contributed by atoms with van der Waals surface area (Å²) in [6, 6.07) is 8.22. The summed E-state index contributed by atoms with van der Waals surface area (Å²) in [5.74, 6) is 0. The van der Waals surface area contributed by atoms with Gasteiger partial charge in [0.1, 0.15) is 0 Å². The van der Waals surface area contributed by atoms with Crippen molar-refractivity contribution in [2.75, 3.05) is 11.9 Å². The van der Waals surface area contributed by atoms with E-state index in [1.54, 1.807) is 0 Å². The second kappa shape index (κ2) is 3.94. The van der Waals surface area contributed by atoms with Gasteiger partial charge in [0.2, 0.25) is 0 Å². The molecule has 0 unspecified atom stereocenters. The Morgan fingerprint density at radius 2 is 2.31 bits per heavy atom. The van der Waals surface area contributed by atoms with E-state index in [1.165, 1.54) is 17.8 Å². The molecule has 0 atom stereocenters. The van der Waals surface area contributed by atoms with Crippen LogP contribution in [-0.2, 0) is 6.42 Å². The molecular weight excluding hydrogens is 266 g/mol. The van der Waals surface area contributed by atoms with Gasteiger partial charge in [-0.2, -0.15) is 5.10 Å². The van der Waals surface area contributed by atoms with Crippen LogP contribution in [0, 0.1) is 0 Å². The van der Waals surface area contributed by atoms with Crippen LogP contribution in [-0.4, -0.2) is 16.3 Å². The van der Waals surface area contributed by atoms with E-state index in [0.29, 0.717) is 0 Å². The van der Waals surface area contributed by atoms with E-state index >= 15 is 0 Å². The zero-order valence-corrected chi connectivity index (χ0v) is 10.4. The van der Waals surface area contributed by atoms with Gasteiger partial charge >= 0.3 is 0 Å². The summed E-state index contributed by atoms with van der Waals surface area (Å²) in [4.78, 5) is 0. The molecule has 0 saturated carbocycles. The van der Waals surface area contributed by atoms with Crippen LogP contribution in [0.25, 0.3) is 5.69 Å². The quantitative estimate of drug-likeness (QED) is 0.869. The lowest BCUT2D eigenvalue weighted by Gasteiger charge is -2.15. The summed E-state index contributed by atoms with van der Waals surface area (Å²) < 4.78 is 3.10. The Bertz CT molecular complexity index is 519. The summed E-state index contributed by atoms with van der Waals surface area (Å²) in [5.41, 5.74) is 3.56. The molecule has 0 spiro atoms. The van der Waals surface area contributed by atoms with Crippen LogP contribution in [0.4, 0.5) is 5.69 Å². The zero-order valence-electron chi connectivity index (χ0n) is 8.78. The monoisotopic (exact) mass is 277 g/mol. The van der Waals surface area contributed by atoms with Gasteiger partial charge in [0.15, 0.2) is 0 Å². The number of nitrogens with one attached hydrogen (secondary N) is 1. The maximum Gasteiger partial charge on any atom is 0.0763 e. The molecule has 1 aromatic carbocycles. The number of halogens is 1. The second-order valence-electron chi connectivity index (χ2n) is 3.93. The maximum atomic E-state index is 4.44. The molecule has 82 valence electrons. The summed E-state index contributed by atoms with van der Waals surface area (Å²) in [5, 5.41) is 7.81. The molecule has 0 aliphatic carbocycles. The van der Waals surface area contributed by atoms with Gasteiger partial charge in [0.05, 0.1) is 23.3 Å². The van der Waals surface area contributed by atoms with Gasteiger partial charge in [0.25, 0.3) is 0 Å². The van der Waals surface area contributed by atoms with Gasteiger partial charge in [-0.05, 0) is 31.0 Å². The molecule has 1 aliphatic heterocycles. The number of hydrogen-bond acceptors (Lipinski definition) is 2. The van der Waals surface area contributed by atoms with Gasteiger partial charge in [0, 0.05) is 11.0 Å². The number of benzene rings is 1. The van der Waals surface area contributed by atoms with E-state index in [1.807, 2.05) is 23.0 Å². The largest absolute Gasteiger partial charge is 0.382 e. The Labute approximate surface area is 103 Å². The van der Waals surface area contributed by atoms with Crippen molar-refractivity contribution in [1.29, 1.82) is 0 Å². The molecule has 3 rings (SSSR count). The highest BCUT2D eigenvalue weighted by Crippen LogP contribution is 2.25. The Morgan fingerprint density at radius 1 is 1.38 bits per heavy atom. The molecule has 0 fully saturated rings. The summed E-state index contributed by atoms with van der Waals surface area (Å²) >= 11 is 3.49. The Hall–Kier alpha value is -1.29. The molecule has 1 aliphatic rings. The van der Waals surface area contributed by atoms with Gasteiger partial charge in [-0.3, -0.25) is 0 Å². The lowest BCUT2D eigenvalue weighted by molar-refractivity contribution is 0.743. The van der Waals surface area contributed by atoms with Crippen molar-refractivity contribution in [3.05, 3.63) is 40.6 Å². The molecule has 1 N–H and O–H groups in total. The Morgan fingerprint density at radius 3 is 3.19 bits per heavy atom. The first-order chi connectivity index (χ1) is 7.84. The van der Waals surface area contributed by atoms with Crippen LogP contribution < -0.4 is 5.32 Å². The number of nitrogens with zero attached hydrogens (tertiary/aromatic N) is 2. The van der Waals surface area contributed by atoms with Gasteiger partial charge in [-0.15, -0.1) is 0 Å². The van der Waals surface area contributed by atoms with E-state index in [0.717, 1.165) is 23.1 Å². The third-order valence-electron chi connectivity index (χ3n) is 2.83. The zero-order chi connectivity index (χ0) is 11.0. The predicted molar refractivity (Wildman–Crippen MR) is 68.1 cm³/mol. The molecule has 0 saturated heterocycles. The molecule has 4 heteroatoms. The lowest BCUT2D eigenvalue weighted by atomic mass is 10.1. The van der Waals surface area contributed by atoms with Gasteiger partial charge in [-0.1, -0.05) is 22.0 Å². The minimum absolute atomic E-state index is 1.05. The summed E-state index contributed by atoms with van der Waals surface area (Å²) in [7, 11) is 0. The van der Waals surface area contributed by atoms with Gasteiger partial charge in [-0.25, -0.2) is 4.68 Å². The van der Waals surface area contributed by atoms with Crippen LogP contribution in [0.5, 0.6) is 0 Å². The molecule has 0 radical (unpaired) electrons. The molecule has 2 aromatic rings. The smallest absolute Gasteiger partial charge is 0.0763 e. The molecule has 1 aromatic heterocycles. The van der Waals surface area contributed by atoms with Crippen LogP contribution in [0.2, 0.25) is 0 Å². The van der Waals surface area contributed by atoms with Crippen molar-refractivity contribution in [3.63, 3.8) is 0 Å². The fraction of sp³-hybridized carbons (Fsp3) is 0.250. The van der Waals surface area contributed by atoms with Crippen molar-refractivity contribution in [3.8, 4) is 5.69 Å². The maximum absolute atomic E-state index is 4.44. The van der Waals surface area contributed by atoms with Crippen LogP contribution in [0.3, 0.4) is 0 Å². The molecule has 0 bridgehead atoms. The van der Waals surface area contributed by atoms with E-state index in [4.69, 9.17) is 0 Å². The Kier molecular flexibility index (Phi) is 2.44. The minimum atomic E-state index is 1.05. The van der Waals surface area contributed by atoms with E-state index in [-0.39, 0.29) is 0 Å². The number of rotatable bonds is 1. The van der Waals surface area contributed by atoms with Gasteiger partial charge < -0.3 is 5.32 Å². The van der Waals surface area contributed by atoms with Crippen molar-refractivity contribution in [2.45, 2.75) is 12.8 Å². The predicted octanol–water partition coefficient (Wildman–Crippen LogP) is 2.99. The van der Waals surface area contributed by atoms with Crippen LogP contribution in [0.15, 0.2) is 34.9 Å². The highest BCUT2D eigenvalue weighted by molar-refractivity contribution is 9.10. The Balaban J connectivity index is 2.09. The van der Waals surface area contributed by atoms with Crippen molar-refractivity contribution in [2.24, 2.45) is 0 Å². The van der Waals surface area contributed by atoms with Crippen molar-refractivity contribution >= 4 is 21.6 Å². The fourth-order valence-electron chi connectivity index (χ4n) is 2.07. The topological polar surface area (TPSA) is 29.9 Å². The van der Waals surface area contributed by atoms with E-state index in [9.17, 15) is 0 Å². The molecule has 0 amide bonds. The fourth-order valence-corrected chi connectivity index (χ4v) is 2.46. The number of aromatic nitrogens is 2. The first-order valence-corrected chi connectivity index (χ1v) is 6.20. The average molecular weight is 278 g/mol.